The maximum absolute atomic E-state index is 12.5. The number of urea groups is 1. The van der Waals surface area contributed by atoms with Crippen LogP contribution in [0.1, 0.15) is 17.5 Å². The molecule has 6 heteroatoms. The number of hydrogen-bond donors (Lipinski definition) is 1. The summed E-state index contributed by atoms with van der Waals surface area (Å²) < 4.78 is 5.53. The van der Waals surface area contributed by atoms with E-state index >= 15 is 0 Å². The summed E-state index contributed by atoms with van der Waals surface area (Å²) >= 11 is 0. The second kappa shape index (κ2) is 8.33. The van der Waals surface area contributed by atoms with Gasteiger partial charge in [-0.1, -0.05) is 24.3 Å². The Balaban J connectivity index is 1.24. The molecular formula is C22H25N3O3. The lowest BCUT2D eigenvalue weighted by atomic mass is 10.1. The van der Waals surface area contributed by atoms with Crippen LogP contribution in [0.2, 0.25) is 0 Å². The summed E-state index contributed by atoms with van der Waals surface area (Å²) in [6, 6.07) is 15.4. The summed E-state index contributed by atoms with van der Waals surface area (Å²) in [6.45, 7) is 2.11. The average molecular weight is 379 g/mol. The summed E-state index contributed by atoms with van der Waals surface area (Å²) in [5.41, 5.74) is 3.58. The normalized spacial score (nSPS) is 15.9. The number of benzene rings is 2. The second-order valence-electron chi connectivity index (χ2n) is 7.24. The fraction of sp³-hybridized carbons (Fsp3) is 0.364. The van der Waals surface area contributed by atoms with Gasteiger partial charge in [0.1, 0.15) is 5.75 Å². The molecule has 2 aliphatic rings. The molecule has 3 amide bonds. The molecule has 0 bridgehead atoms. The first kappa shape index (κ1) is 18.3. The smallest absolute Gasteiger partial charge is 0.321 e. The summed E-state index contributed by atoms with van der Waals surface area (Å²) in [7, 11) is 0. The highest BCUT2D eigenvalue weighted by molar-refractivity contribution is 5.89. The van der Waals surface area contributed by atoms with Gasteiger partial charge in [0.25, 0.3) is 5.91 Å². The first-order valence-corrected chi connectivity index (χ1v) is 9.82. The van der Waals surface area contributed by atoms with Crippen LogP contribution >= 0.6 is 0 Å². The Morgan fingerprint density at radius 3 is 2.39 bits per heavy atom. The lowest BCUT2D eigenvalue weighted by molar-refractivity contribution is -0.134. The average Bonchev–Trinajstić information content (AvgIpc) is 3.21. The van der Waals surface area contributed by atoms with Crippen molar-refractivity contribution in [3.63, 3.8) is 0 Å². The number of anilines is 1. The first-order chi connectivity index (χ1) is 13.7. The third kappa shape index (κ3) is 4.27. The van der Waals surface area contributed by atoms with Gasteiger partial charge in [-0.25, -0.2) is 4.79 Å². The Bertz CT molecular complexity index is 845. The monoisotopic (exact) mass is 379 g/mol. The molecular weight excluding hydrogens is 354 g/mol. The van der Waals surface area contributed by atoms with Gasteiger partial charge in [-0.05, 0) is 54.7 Å². The van der Waals surface area contributed by atoms with Crippen LogP contribution in [0.25, 0.3) is 0 Å². The Kier molecular flexibility index (Phi) is 5.46. The minimum absolute atomic E-state index is 0.0192. The highest BCUT2D eigenvalue weighted by atomic mass is 16.5. The molecule has 0 spiro atoms. The van der Waals surface area contributed by atoms with Crippen LogP contribution in [0.5, 0.6) is 5.75 Å². The zero-order valence-corrected chi connectivity index (χ0v) is 15.9. The fourth-order valence-corrected chi connectivity index (χ4v) is 3.76. The number of nitrogens with one attached hydrogen (secondary N) is 1. The zero-order chi connectivity index (χ0) is 19.3. The lowest BCUT2D eigenvalue weighted by Gasteiger charge is -2.34. The zero-order valence-electron chi connectivity index (χ0n) is 15.9. The molecule has 0 atom stereocenters. The molecule has 28 heavy (non-hydrogen) atoms. The number of para-hydroxylation sites is 1. The van der Waals surface area contributed by atoms with Gasteiger partial charge in [0.15, 0.2) is 6.61 Å². The Morgan fingerprint density at radius 1 is 0.893 bits per heavy atom. The molecule has 1 aliphatic heterocycles. The molecule has 2 aromatic carbocycles. The number of fused-ring (bicyclic) bond motifs is 1. The number of nitrogens with zero attached hydrogens (tertiary/aromatic N) is 2. The molecule has 1 saturated heterocycles. The summed E-state index contributed by atoms with van der Waals surface area (Å²) in [6.07, 6.45) is 3.41. The van der Waals surface area contributed by atoms with Crippen molar-refractivity contribution in [1.82, 2.24) is 9.80 Å². The van der Waals surface area contributed by atoms with E-state index in [1.165, 1.54) is 17.5 Å². The third-order valence-corrected chi connectivity index (χ3v) is 5.37. The van der Waals surface area contributed by atoms with Crippen molar-refractivity contribution in [3.8, 4) is 5.75 Å². The van der Waals surface area contributed by atoms with Crippen molar-refractivity contribution < 1.29 is 14.3 Å². The van der Waals surface area contributed by atoms with Crippen molar-refractivity contribution >= 4 is 17.6 Å². The van der Waals surface area contributed by atoms with E-state index in [0.29, 0.717) is 31.9 Å². The van der Waals surface area contributed by atoms with Crippen LogP contribution in [-0.2, 0) is 17.6 Å². The van der Waals surface area contributed by atoms with Gasteiger partial charge in [-0.2, -0.15) is 0 Å². The minimum Gasteiger partial charge on any atom is -0.484 e. The minimum atomic E-state index is -0.106. The van der Waals surface area contributed by atoms with Crippen LogP contribution in [0.3, 0.4) is 0 Å². The highest BCUT2D eigenvalue weighted by Gasteiger charge is 2.24. The van der Waals surface area contributed by atoms with E-state index in [-0.39, 0.29) is 18.5 Å². The van der Waals surface area contributed by atoms with Crippen molar-refractivity contribution in [1.29, 1.82) is 0 Å². The lowest BCUT2D eigenvalue weighted by Crippen LogP contribution is -2.52. The van der Waals surface area contributed by atoms with Crippen LogP contribution in [-0.4, -0.2) is 54.5 Å². The Morgan fingerprint density at radius 2 is 1.61 bits per heavy atom. The quantitative estimate of drug-likeness (QED) is 0.889. The first-order valence-electron chi connectivity index (χ1n) is 9.82. The van der Waals surface area contributed by atoms with Gasteiger partial charge in [-0.15, -0.1) is 0 Å². The SMILES string of the molecule is O=C(COc1ccccc1)N1CCN(C(=O)Nc2ccc3c(c2)CCC3)CC1. The molecule has 1 heterocycles. The number of carbonyl (C=O) groups excluding carboxylic acids is 2. The molecule has 1 fully saturated rings. The number of piperazine rings is 1. The number of ether oxygens (including phenoxy) is 1. The highest BCUT2D eigenvalue weighted by Crippen LogP contribution is 2.25. The van der Waals surface area contributed by atoms with Crippen molar-refractivity contribution in [2.75, 3.05) is 38.1 Å². The van der Waals surface area contributed by atoms with Crippen LogP contribution in [0.15, 0.2) is 48.5 Å². The molecule has 1 aliphatic carbocycles. The van der Waals surface area contributed by atoms with E-state index < -0.39 is 0 Å². The maximum atomic E-state index is 12.5. The molecule has 0 radical (unpaired) electrons. The van der Waals surface area contributed by atoms with Gasteiger partial charge >= 0.3 is 6.03 Å². The van der Waals surface area contributed by atoms with Gasteiger partial charge in [0, 0.05) is 31.9 Å². The largest absolute Gasteiger partial charge is 0.484 e. The molecule has 4 rings (SSSR count). The van der Waals surface area contributed by atoms with Crippen molar-refractivity contribution in [2.24, 2.45) is 0 Å². The van der Waals surface area contributed by atoms with Gasteiger partial charge in [-0.3, -0.25) is 4.79 Å². The van der Waals surface area contributed by atoms with E-state index in [1.807, 2.05) is 36.4 Å². The third-order valence-electron chi connectivity index (χ3n) is 5.37. The van der Waals surface area contributed by atoms with Crippen LogP contribution < -0.4 is 10.1 Å². The molecule has 6 nitrogen and oxygen atoms in total. The second-order valence-corrected chi connectivity index (χ2v) is 7.24. The van der Waals surface area contributed by atoms with E-state index in [1.54, 1.807) is 9.80 Å². The summed E-state index contributed by atoms with van der Waals surface area (Å²) in [5.74, 6) is 0.630. The van der Waals surface area contributed by atoms with Gasteiger partial charge < -0.3 is 19.9 Å². The Labute approximate surface area is 165 Å². The van der Waals surface area contributed by atoms with Crippen molar-refractivity contribution in [3.05, 3.63) is 59.7 Å². The molecule has 2 aromatic rings. The fourth-order valence-electron chi connectivity index (χ4n) is 3.76. The molecule has 0 unspecified atom stereocenters. The van der Waals surface area contributed by atoms with Crippen molar-refractivity contribution in [2.45, 2.75) is 19.3 Å². The predicted molar refractivity (Wildman–Crippen MR) is 108 cm³/mol. The summed E-state index contributed by atoms with van der Waals surface area (Å²) in [5, 5.41) is 2.99. The molecule has 146 valence electrons. The number of hydrogen-bond acceptors (Lipinski definition) is 3. The number of aryl methyl sites for hydroxylation is 2. The van der Waals surface area contributed by atoms with E-state index in [2.05, 4.69) is 17.4 Å². The number of carbonyl (C=O) groups is 2. The summed E-state index contributed by atoms with van der Waals surface area (Å²) in [4.78, 5) is 28.4. The van der Waals surface area contributed by atoms with Crippen LogP contribution in [0.4, 0.5) is 10.5 Å². The van der Waals surface area contributed by atoms with E-state index in [4.69, 9.17) is 4.74 Å². The topological polar surface area (TPSA) is 61.9 Å². The number of rotatable bonds is 4. The molecule has 0 aromatic heterocycles. The predicted octanol–water partition coefficient (Wildman–Crippen LogP) is 2.93. The molecule has 0 saturated carbocycles. The van der Waals surface area contributed by atoms with Gasteiger partial charge in [0.05, 0.1) is 0 Å². The number of amides is 3. The van der Waals surface area contributed by atoms with E-state index in [9.17, 15) is 9.59 Å². The Hall–Kier alpha value is -3.02. The van der Waals surface area contributed by atoms with Gasteiger partial charge in [0.2, 0.25) is 0 Å². The molecule has 1 N–H and O–H groups in total. The van der Waals surface area contributed by atoms with Crippen LogP contribution in [0, 0.1) is 0 Å². The standard InChI is InChI=1S/C22H25N3O3/c26-21(16-28-20-7-2-1-3-8-20)24-11-13-25(14-12-24)22(27)23-19-10-9-17-5-4-6-18(17)15-19/h1-3,7-10,15H,4-6,11-14,16H2,(H,23,27). The maximum Gasteiger partial charge on any atom is 0.321 e. The van der Waals surface area contributed by atoms with E-state index in [0.717, 1.165) is 18.5 Å².